The van der Waals surface area contributed by atoms with E-state index in [1.54, 1.807) is 0 Å². The van der Waals surface area contributed by atoms with Crippen LogP contribution in [-0.2, 0) is 15.1 Å². The molecule has 0 aromatic heterocycles. The van der Waals surface area contributed by atoms with Gasteiger partial charge in [0.1, 0.15) is 0 Å². The molecule has 0 bridgehead atoms. The van der Waals surface area contributed by atoms with Crippen LogP contribution in [0.4, 0.5) is 0 Å². The molecule has 1 aliphatic rings. The van der Waals surface area contributed by atoms with Gasteiger partial charge in [0, 0.05) is 6.54 Å². The maximum absolute atomic E-state index is 11.7. The Morgan fingerprint density at radius 2 is 2.12 bits per heavy atom. The smallest absolute Gasteiger partial charge is 0.310 e. The molecule has 1 aliphatic heterocycles. The number of esters is 1. The van der Waals surface area contributed by atoms with E-state index in [1.165, 1.54) is 0 Å². The van der Waals surface area contributed by atoms with E-state index >= 15 is 0 Å². The summed E-state index contributed by atoms with van der Waals surface area (Å²) >= 11 is 0. The zero-order valence-corrected chi connectivity index (χ0v) is 9.69. The summed E-state index contributed by atoms with van der Waals surface area (Å²) in [6.07, 6.45) is 0. The second-order valence-corrected chi connectivity index (χ2v) is 4.16. The summed E-state index contributed by atoms with van der Waals surface area (Å²) in [7, 11) is 0. The lowest BCUT2D eigenvalue weighted by Gasteiger charge is -2.20. The highest BCUT2D eigenvalue weighted by Gasteiger charge is 2.51. The predicted octanol–water partition coefficient (Wildman–Crippen LogP) is 1.68. The van der Waals surface area contributed by atoms with Crippen LogP contribution in [0.2, 0.25) is 0 Å². The average Bonchev–Trinajstić information content (AvgIpc) is 3.11. The van der Waals surface area contributed by atoms with Crippen LogP contribution >= 0.6 is 0 Å². The van der Waals surface area contributed by atoms with E-state index in [4.69, 9.17) is 4.74 Å². The van der Waals surface area contributed by atoms with E-state index in [0.29, 0.717) is 6.61 Å². The highest BCUT2D eigenvalue weighted by Crippen LogP contribution is 2.38. The van der Waals surface area contributed by atoms with Gasteiger partial charge < -0.3 is 10.1 Å². The topological polar surface area (TPSA) is 48.2 Å². The predicted molar refractivity (Wildman–Crippen MR) is 61.9 cm³/mol. The first-order valence-corrected chi connectivity index (χ1v) is 5.68. The van der Waals surface area contributed by atoms with Gasteiger partial charge in [0.25, 0.3) is 0 Å². The van der Waals surface area contributed by atoms with Crippen LogP contribution in [0.15, 0.2) is 30.3 Å². The summed E-state index contributed by atoms with van der Waals surface area (Å²) in [6.45, 7) is 5.04. The lowest BCUT2D eigenvalue weighted by molar-refractivity contribution is -0.148. The minimum atomic E-state index is -0.201. The number of nitrogens with one attached hydrogen (secondary N) is 1. The third-order valence-electron chi connectivity index (χ3n) is 3.23. The van der Waals surface area contributed by atoms with Crippen molar-refractivity contribution < 1.29 is 9.53 Å². The molecule has 2 unspecified atom stereocenters. The molecule has 3 nitrogen and oxygen atoms in total. The lowest BCUT2D eigenvalue weighted by atomic mass is 9.87. The number of hydrogen-bond donors (Lipinski definition) is 1. The van der Waals surface area contributed by atoms with Gasteiger partial charge in [0.05, 0.1) is 18.1 Å². The third kappa shape index (κ3) is 1.83. The highest BCUT2D eigenvalue weighted by molar-refractivity contribution is 5.75. The third-order valence-corrected chi connectivity index (χ3v) is 3.23. The van der Waals surface area contributed by atoms with Crippen LogP contribution in [0.3, 0.4) is 0 Å². The van der Waals surface area contributed by atoms with E-state index in [2.05, 4.69) is 17.4 Å². The summed E-state index contributed by atoms with van der Waals surface area (Å²) in [4.78, 5) is 11.7. The Bertz CT molecular complexity index is 371. The summed E-state index contributed by atoms with van der Waals surface area (Å²) in [6, 6.07) is 10.1. The Morgan fingerprint density at radius 3 is 2.62 bits per heavy atom. The molecule has 1 saturated heterocycles. The molecule has 0 aliphatic carbocycles. The van der Waals surface area contributed by atoms with Gasteiger partial charge in [-0.1, -0.05) is 30.3 Å². The van der Waals surface area contributed by atoms with Crippen LogP contribution < -0.4 is 5.32 Å². The molecule has 1 aromatic carbocycles. The largest absolute Gasteiger partial charge is 0.466 e. The van der Waals surface area contributed by atoms with Gasteiger partial charge in [-0.2, -0.15) is 0 Å². The van der Waals surface area contributed by atoms with Crippen molar-refractivity contribution in [2.45, 2.75) is 19.4 Å². The second-order valence-electron chi connectivity index (χ2n) is 4.16. The summed E-state index contributed by atoms with van der Waals surface area (Å²) < 4.78 is 5.07. The Balaban J connectivity index is 2.17. The number of hydrogen-bond acceptors (Lipinski definition) is 3. The van der Waals surface area contributed by atoms with E-state index in [-0.39, 0.29) is 17.4 Å². The van der Waals surface area contributed by atoms with Crippen molar-refractivity contribution in [3.8, 4) is 0 Å². The summed E-state index contributed by atoms with van der Waals surface area (Å²) in [5, 5.41) is 3.30. The van der Waals surface area contributed by atoms with Crippen molar-refractivity contribution in [3.05, 3.63) is 35.9 Å². The quantitative estimate of drug-likeness (QED) is 0.619. The maximum atomic E-state index is 11.7. The number of carbonyl (C=O) groups excluding carboxylic acids is 1. The first kappa shape index (κ1) is 11.1. The average molecular weight is 219 g/mol. The maximum Gasteiger partial charge on any atom is 0.310 e. The van der Waals surface area contributed by atoms with E-state index < -0.39 is 0 Å². The molecule has 1 fully saturated rings. The van der Waals surface area contributed by atoms with Gasteiger partial charge in [-0.3, -0.25) is 4.79 Å². The van der Waals surface area contributed by atoms with Crippen molar-refractivity contribution in [3.63, 3.8) is 0 Å². The van der Waals surface area contributed by atoms with Crippen LogP contribution in [0.25, 0.3) is 0 Å². The molecular weight excluding hydrogens is 202 g/mol. The van der Waals surface area contributed by atoms with E-state index in [0.717, 1.165) is 12.1 Å². The standard InChI is InChI=1S/C13H17NO2/c1-3-16-12(15)10(2)13(9-14-13)11-7-5-4-6-8-11/h4-8,10,14H,3,9H2,1-2H3. The Hall–Kier alpha value is -1.35. The number of ether oxygens (including phenoxy) is 1. The van der Waals surface area contributed by atoms with Gasteiger partial charge in [0.15, 0.2) is 0 Å². The molecule has 1 aromatic rings. The Morgan fingerprint density at radius 1 is 1.50 bits per heavy atom. The summed E-state index contributed by atoms with van der Waals surface area (Å²) in [5.74, 6) is -0.272. The molecule has 2 atom stereocenters. The fraction of sp³-hybridized carbons (Fsp3) is 0.462. The molecular formula is C13H17NO2. The van der Waals surface area contributed by atoms with Crippen LogP contribution in [-0.4, -0.2) is 19.1 Å². The second kappa shape index (κ2) is 4.26. The van der Waals surface area contributed by atoms with E-state index in [9.17, 15) is 4.79 Å². The Labute approximate surface area is 95.8 Å². The molecule has 0 spiro atoms. The van der Waals surface area contributed by atoms with Gasteiger partial charge >= 0.3 is 5.97 Å². The van der Waals surface area contributed by atoms with Crippen LogP contribution in [0.5, 0.6) is 0 Å². The zero-order chi connectivity index (χ0) is 11.6. The SMILES string of the molecule is CCOC(=O)C(C)C1(c2ccccc2)CN1. The number of benzene rings is 1. The van der Waals surface area contributed by atoms with E-state index in [1.807, 2.05) is 32.0 Å². The van der Waals surface area contributed by atoms with Gasteiger partial charge in [0.2, 0.25) is 0 Å². The minimum absolute atomic E-state index is 0.128. The van der Waals surface area contributed by atoms with Crippen molar-refractivity contribution in [2.24, 2.45) is 5.92 Å². The first-order chi connectivity index (χ1) is 7.70. The summed E-state index contributed by atoms with van der Waals surface area (Å²) in [5.41, 5.74) is 0.962. The lowest BCUT2D eigenvalue weighted by Crippen LogP contribution is -2.31. The molecule has 1 N–H and O–H groups in total. The number of rotatable bonds is 4. The molecule has 1 heterocycles. The zero-order valence-electron chi connectivity index (χ0n) is 9.69. The highest BCUT2D eigenvalue weighted by atomic mass is 16.5. The molecule has 16 heavy (non-hydrogen) atoms. The van der Waals surface area contributed by atoms with Gasteiger partial charge in [-0.25, -0.2) is 0 Å². The first-order valence-electron chi connectivity index (χ1n) is 5.68. The molecule has 3 heteroatoms. The van der Waals surface area contributed by atoms with Crippen molar-refractivity contribution in [2.75, 3.05) is 13.2 Å². The molecule has 86 valence electrons. The molecule has 0 radical (unpaired) electrons. The Kier molecular flexibility index (Phi) is 2.97. The van der Waals surface area contributed by atoms with Crippen LogP contribution in [0, 0.1) is 5.92 Å². The van der Waals surface area contributed by atoms with Gasteiger partial charge in [-0.15, -0.1) is 0 Å². The van der Waals surface area contributed by atoms with Crippen molar-refractivity contribution >= 4 is 5.97 Å². The van der Waals surface area contributed by atoms with Crippen molar-refractivity contribution in [1.82, 2.24) is 5.32 Å². The molecule has 2 rings (SSSR count). The fourth-order valence-electron chi connectivity index (χ4n) is 2.06. The number of carbonyl (C=O) groups is 1. The monoisotopic (exact) mass is 219 g/mol. The minimum Gasteiger partial charge on any atom is -0.466 e. The molecule has 0 saturated carbocycles. The van der Waals surface area contributed by atoms with Crippen LogP contribution in [0.1, 0.15) is 19.4 Å². The van der Waals surface area contributed by atoms with Gasteiger partial charge in [-0.05, 0) is 19.4 Å². The molecule has 0 amide bonds. The fourth-order valence-corrected chi connectivity index (χ4v) is 2.06. The van der Waals surface area contributed by atoms with Crippen molar-refractivity contribution in [1.29, 1.82) is 0 Å². The normalized spacial score (nSPS) is 24.9.